The van der Waals surface area contributed by atoms with Gasteiger partial charge in [-0.05, 0) is 39.8 Å². The zero-order valence-electron chi connectivity index (χ0n) is 10.6. The SMILES string of the molecule is CCO[Si](C)(F)C1CC([Si](C)(F)OCC)C1. The number of rotatable bonds is 6. The zero-order valence-corrected chi connectivity index (χ0v) is 12.6. The predicted molar refractivity (Wildman–Crippen MR) is 65.4 cm³/mol. The first-order valence-corrected chi connectivity index (χ1v) is 10.7. The van der Waals surface area contributed by atoms with Gasteiger partial charge in [-0.15, -0.1) is 0 Å². The van der Waals surface area contributed by atoms with Gasteiger partial charge in [-0.25, -0.2) is 0 Å². The zero-order chi connectivity index (χ0) is 12.4. The van der Waals surface area contributed by atoms with Crippen molar-refractivity contribution in [3.05, 3.63) is 0 Å². The van der Waals surface area contributed by atoms with Gasteiger partial charge in [-0.3, -0.25) is 8.22 Å². The maximum absolute atomic E-state index is 14.1. The molecule has 2 atom stereocenters. The third-order valence-electron chi connectivity index (χ3n) is 3.45. The predicted octanol–water partition coefficient (Wildman–Crippen LogP) is 3.68. The molecule has 6 heteroatoms. The van der Waals surface area contributed by atoms with Crippen molar-refractivity contribution in [2.24, 2.45) is 0 Å². The minimum absolute atomic E-state index is 0.0412. The van der Waals surface area contributed by atoms with Crippen LogP contribution in [-0.2, 0) is 8.85 Å². The van der Waals surface area contributed by atoms with Gasteiger partial charge in [0.1, 0.15) is 0 Å². The third kappa shape index (κ3) is 3.12. The molecule has 1 rings (SSSR count). The van der Waals surface area contributed by atoms with Gasteiger partial charge in [0.25, 0.3) is 0 Å². The second kappa shape index (κ2) is 5.24. The molecule has 1 aliphatic carbocycles. The van der Waals surface area contributed by atoms with Crippen LogP contribution in [0.25, 0.3) is 0 Å². The molecule has 0 aromatic rings. The highest BCUT2D eigenvalue weighted by atomic mass is 28.4. The molecular formula is C10H22F2O2Si2. The van der Waals surface area contributed by atoms with Gasteiger partial charge in [-0.2, -0.15) is 0 Å². The van der Waals surface area contributed by atoms with Gasteiger partial charge in [0.15, 0.2) is 0 Å². The summed E-state index contributed by atoms with van der Waals surface area (Å²) in [7, 11) is -6.13. The minimum atomic E-state index is -3.06. The Labute approximate surface area is 98.9 Å². The van der Waals surface area contributed by atoms with Gasteiger partial charge in [-0.1, -0.05) is 0 Å². The number of halogens is 2. The first-order valence-electron chi connectivity index (χ1n) is 5.99. The summed E-state index contributed by atoms with van der Waals surface area (Å²) in [5.74, 6) is 0. The van der Waals surface area contributed by atoms with E-state index in [0.29, 0.717) is 26.1 Å². The highest BCUT2D eigenvalue weighted by Crippen LogP contribution is 2.54. The maximum Gasteiger partial charge on any atom is 0.383 e. The summed E-state index contributed by atoms with van der Waals surface area (Å²) in [5, 5.41) is 0. The topological polar surface area (TPSA) is 18.5 Å². The molecule has 1 aliphatic rings. The van der Waals surface area contributed by atoms with Gasteiger partial charge >= 0.3 is 17.3 Å². The van der Waals surface area contributed by atoms with Crippen LogP contribution in [0.15, 0.2) is 0 Å². The van der Waals surface area contributed by atoms with Crippen LogP contribution in [0, 0.1) is 0 Å². The fraction of sp³-hybridized carbons (Fsp3) is 1.00. The molecule has 0 saturated heterocycles. The van der Waals surface area contributed by atoms with E-state index in [-0.39, 0.29) is 11.1 Å². The van der Waals surface area contributed by atoms with Gasteiger partial charge in [0.05, 0.1) is 0 Å². The van der Waals surface area contributed by atoms with Crippen molar-refractivity contribution in [3.8, 4) is 0 Å². The van der Waals surface area contributed by atoms with E-state index < -0.39 is 17.3 Å². The lowest BCUT2D eigenvalue weighted by Crippen LogP contribution is -2.48. The largest absolute Gasteiger partial charge is 0.392 e. The molecule has 2 nitrogen and oxygen atoms in total. The molecular weight excluding hydrogens is 246 g/mol. The summed E-state index contributed by atoms with van der Waals surface area (Å²) < 4.78 is 38.5. The number of hydrogen-bond acceptors (Lipinski definition) is 2. The Kier molecular flexibility index (Phi) is 4.68. The lowest BCUT2D eigenvalue weighted by molar-refractivity contribution is 0.224. The second-order valence-corrected chi connectivity index (χ2v) is 10.9. The maximum atomic E-state index is 14.1. The summed E-state index contributed by atoms with van der Waals surface area (Å²) in [6.45, 7) is 7.58. The van der Waals surface area contributed by atoms with E-state index >= 15 is 0 Å². The van der Waals surface area contributed by atoms with E-state index in [9.17, 15) is 8.22 Å². The van der Waals surface area contributed by atoms with E-state index in [1.807, 2.05) is 0 Å². The van der Waals surface area contributed by atoms with E-state index in [0.717, 1.165) is 0 Å². The normalized spacial score (nSPS) is 32.6. The van der Waals surface area contributed by atoms with E-state index in [4.69, 9.17) is 8.85 Å². The van der Waals surface area contributed by atoms with Crippen molar-refractivity contribution in [1.29, 1.82) is 0 Å². The van der Waals surface area contributed by atoms with Gasteiger partial charge in [0.2, 0.25) is 0 Å². The van der Waals surface area contributed by atoms with E-state index in [2.05, 4.69) is 0 Å². The van der Waals surface area contributed by atoms with Gasteiger partial charge in [0, 0.05) is 24.3 Å². The van der Waals surface area contributed by atoms with Gasteiger partial charge < -0.3 is 8.85 Å². The molecule has 0 aromatic carbocycles. The monoisotopic (exact) mass is 268 g/mol. The highest BCUT2D eigenvalue weighted by molar-refractivity contribution is 6.70. The molecule has 0 radical (unpaired) electrons. The quantitative estimate of drug-likeness (QED) is 0.540. The Morgan fingerprint density at radius 1 is 0.938 bits per heavy atom. The molecule has 16 heavy (non-hydrogen) atoms. The molecule has 0 aromatic heterocycles. The van der Waals surface area contributed by atoms with Crippen LogP contribution in [-0.4, -0.2) is 30.5 Å². The average molecular weight is 268 g/mol. The molecule has 0 heterocycles. The van der Waals surface area contributed by atoms with Crippen LogP contribution in [0.5, 0.6) is 0 Å². The van der Waals surface area contributed by atoms with Crippen LogP contribution >= 0.6 is 0 Å². The third-order valence-corrected chi connectivity index (χ3v) is 9.02. The summed E-state index contributed by atoms with van der Waals surface area (Å²) in [6, 6.07) is 0. The number of hydrogen-bond donors (Lipinski definition) is 0. The summed E-state index contributed by atoms with van der Waals surface area (Å²) in [6.07, 6.45) is 1.22. The molecule has 0 amide bonds. The average Bonchev–Trinajstić information content (AvgIpc) is 1.98. The molecule has 0 N–H and O–H groups in total. The Morgan fingerprint density at radius 3 is 1.50 bits per heavy atom. The molecule has 0 spiro atoms. The van der Waals surface area contributed by atoms with Crippen molar-refractivity contribution in [2.75, 3.05) is 13.2 Å². The molecule has 96 valence electrons. The fourth-order valence-electron chi connectivity index (χ4n) is 2.26. The Bertz CT molecular complexity index is 209. The molecule has 0 bridgehead atoms. The molecule has 1 saturated carbocycles. The standard InChI is InChI=1S/C10H22F2O2Si2/c1-5-13-15(3,11)9-7-10(8-9)16(4,12)14-6-2/h9-10H,5-8H2,1-4H3. The van der Waals surface area contributed by atoms with Crippen LogP contribution in [0.4, 0.5) is 8.22 Å². The minimum Gasteiger partial charge on any atom is -0.392 e. The lowest BCUT2D eigenvalue weighted by atomic mass is 9.98. The second-order valence-electron chi connectivity index (χ2n) is 4.70. The fourth-order valence-corrected chi connectivity index (χ4v) is 7.15. The Balaban J connectivity index is 2.43. The Hall–Kier alpha value is 0.214. The summed E-state index contributed by atoms with van der Waals surface area (Å²) >= 11 is 0. The van der Waals surface area contributed by atoms with Crippen molar-refractivity contribution in [2.45, 2.75) is 50.9 Å². The molecule has 1 fully saturated rings. The first kappa shape index (κ1) is 14.3. The van der Waals surface area contributed by atoms with Crippen molar-refractivity contribution >= 4 is 17.3 Å². The van der Waals surface area contributed by atoms with E-state index in [1.165, 1.54) is 0 Å². The van der Waals surface area contributed by atoms with Crippen LogP contribution in [0.2, 0.25) is 24.2 Å². The van der Waals surface area contributed by atoms with Crippen LogP contribution in [0.3, 0.4) is 0 Å². The van der Waals surface area contributed by atoms with Crippen LogP contribution in [0.1, 0.15) is 26.7 Å². The molecule has 0 aliphatic heterocycles. The molecule has 2 unspecified atom stereocenters. The van der Waals surface area contributed by atoms with Crippen LogP contribution < -0.4 is 0 Å². The summed E-state index contributed by atoms with van der Waals surface area (Å²) in [4.78, 5) is 0. The summed E-state index contributed by atoms with van der Waals surface area (Å²) in [5.41, 5.74) is -0.0824. The lowest BCUT2D eigenvalue weighted by Gasteiger charge is -2.43. The van der Waals surface area contributed by atoms with Crippen molar-refractivity contribution in [1.82, 2.24) is 0 Å². The Morgan fingerprint density at radius 2 is 1.25 bits per heavy atom. The first-order chi connectivity index (χ1) is 7.33. The van der Waals surface area contributed by atoms with Crippen molar-refractivity contribution < 1.29 is 17.1 Å². The highest BCUT2D eigenvalue weighted by Gasteiger charge is 2.55. The van der Waals surface area contributed by atoms with Crippen molar-refractivity contribution in [3.63, 3.8) is 0 Å². The smallest absolute Gasteiger partial charge is 0.383 e. The van der Waals surface area contributed by atoms with E-state index in [1.54, 1.807) is 26.9 Å².